The average Bonchev–Trinajstić information content (AvgIpc) is 2.84. The zero-order chi connectivity index (χ0) is 15.4. The third-order valence-electron chi connectivity index (χ3n) is 5.21. The molecule has 3 nitrogen and oxygen atoms in total. The molecule has 3 rings (SSSR count). The predicted molar refractivity (Wildman–Crippen MR) is 90.1 cm³/mol. The topological polar surface area (TPSA) is 23.6 Å². The van der Waals surface area contributed by atoms with E-state index in [0.29, 0.717) is 6.04 Å². The minimum atomic E-state index is 0.203. The lowest BCUT2D eigenvalue weighted by Gasteiger charge is -2.38. The lowest BCUT2D eigenvalue weighted by Crippen LogP contribution is -2.47. The summed E-state index contributed by atoms with van der Waals surface area (Å²) in [4.78, 5) is 17.3. The summed E-state index contributed by atoms with van der Waals surface area (Å²) in [5.74, 6) is 0.203. The molecule has 0 bridgehead atoms. The fourth-order valence-electron chi connectivity index (χ4n) is 3.77. The summed E-state index contributed by atoms with van der Waals surface area (Å²) < 4.78 is 0. The minimum Gasteiger partial charge on any atom is -0.339 e. The van der Waals surface area contributed by atoms with Gasteiger partial charge >= 0.3 is 0 Å². The average molecular weight is 300 g/mol. The van der Waals surface area contributed by atoms with Crippen LogP contribution in [-0.2, 0) is 0 Å². The van der Waals surface area contributed by atoms with Crippen molar-refractivity contribution in [3.05, 3.63) is 35.4 Å². The number of carbonyl (C=O) groups is 1. The molecule has 2 heterocycles. The van der Waals surface area contributed by atoms with Crippen LogP contribution >= 0.6 is 0 Å². The molecule has 1 aromatic rings. The van der Waals surface area contributed by atoms with Crippen LogP contribution in [-0.4, -0.2) is 47.9 Å². The molecule has 120 valence electrons. The third-order valence-corrected chi connectivity index (χ3v) is 5.21. The molecule has 22 heavy (non-hydrogen) atoms. The van der Waals surface area contributed by atoms with Crippen LogP contribution in [0, 0.1) is 6.92 Å². The van der Waals surface area contributed by atoms with Crippen LogP contribution in [0.4, 0.5) is 0 Å². The van der Waals surface area contributed by atoms with Crippen LogP contribution in [0.15, 0.2) is 24.3 Å². The summed E-state index contributed by atoms with van der Waals surface area (Å²) in [5.41, 5.74) is 2.04. The number of hydrogen-bond acceptors (Lipinski definition) is 2. The molecule has 1 amide bonds. The van der Waals surface area contributed by atoms with E-state index < -0.39 is 0 Å². The van der Waals surface area contributed by atoms with Crippen LogP contribution in [0.5, 0.6) is 0 Å². The van der Waals surface area contributed by atoms with Gasteiger partial charge in [0, 0.05) is 24.7 Å². The van der Waals surface area contributed by atoms with E-state index in [2.05, 4.69) is 11.8 Å². The largest absolute Gasteiger partial charge is 0.339 e. The van der Waals surface area contributed by atoms with Gasteiger partial charge in [0.05, 0.1) is 0 Å². The Balaban J connectivity index is 1.54. The molecule has 0 spiro atoms. The van der Waals surface area contributed by atoms with Crippen molar-refractivity contribution in [2.75, 3.05) is 26.2 Å². The zero-order valence-electron chi connectivity index (χ0n) is 13.8. The van der Waals surface area contributed by atoms with Gasteiger partial charge in [0.2, 0.25) is 0 Å². The molecule has 2 aliphatic heterocycles. The van der Waals surface area contributed by atoms with Crippen molar-refractivity contribution < 1.29 is 4.79 Å². The van der Waals surface area contributed by atoms with Gasteiger partial charge in [-0.25, -0.2) is 0 Å². The van der Waals surface area contributed by atoms with E-state index in [1.807, 2.05) is 29.2 Å². The maximum atomic E-state index is 12.6. The SMILES string of the molecule is Cc1ccc(C(=O)N2CCC(N3CCCCCC3)CC2)cc1. The molecule has 0 unspecified atom stereocenters. The Morgan fingerprint density at radius 2 is 1.50 bits per heavy atom. The highest BCUT2D eigenvalue weighted by atomic mass is 16.2. The van der Waals surface area contributed by atoms with Crippen molar-refractivity contribution in [2.45, 2.75) is 51.5 Å². The number of piperidine rings is 1. The quantitative estimate of drug-likeness (QED) is 0.835. The first kappa shape index (κ1) is 15.5. The van der Waals surface area contributed by atoms with Crippen molar-refractivity contribution in [2.24, 2.45) is 0 Å². The smallest absolute Gasteiger partial charge is 0.253 e. The number of likely N-dealkylation sites (tertiary alicyclic amines) is 2. The molecular formula is C19H28N2O. The standard InChI is InChI=1S/C19H28N2O/c1-16-6-8-17(9-7-16)19(22)21-14-10-18(11-15-21)20-12-4-2-3-5-13-20/h6-9,18H,2-5,10-15H2,1H3. The Morgan fingerprint density at radius 3 is 2.09 bits per heavy atom. The van der Waals surface area contributed by atoms with E-state index in [0.717, 1.165) is 31.5 Å². The summed E-state index contributed by atoms with van der Waals surface area (Å²) in [6, 6.07) is 8.66. The second-order valence-corrected chi connectivity index (χ2v) is 6.84. The monoisotopic (exact) mass is 300 g/mol. The van der Waals surface area contributed by atoms with Crippen molar-refractivity contribution in [3.8, 4) is 0 Å². The number of carbonyl (C=O) groups excluding carboxylic acids is 1. The van der Waals surface area contributed by atoms with E-state index >= 15 is 0 Å². The van der Waals surface area contributed by atoms with Gasteiger partial charge in [-0.2, -0.15) is 0 Å². The van der Waals surface area contributed by atoms with Crippen molar-refractivity contribution in [1.29, 1.82) is 0 Å². The minimum absolute atomic E-state index is 0.203. The maximum Gasteiger partial charge on any atom is 0.253 e. The van der Waals surface area contributed by atoms with Gasteiger partial charge in [0.1, 0.15) is 0 Å². The molecule has 0 atom stereocenters. The molecule has 0 radical (unpaired) electrons. The van der Waals surface area contributed by atoms with Crippen molar-refractivity contribution in [1.82, 2.24) is 9.80 Å². The van der Waals surface area contributed by atoms with Gasteiger partial charge in [0.25, 0.3) is 5.91 Å². The van der Waals surface area contributed by atoms with Gasteiger partial charge in [-0.05, 0) is 57.8 Å². The Morgan fingerprint density at radius 1 is 0.909 bits per heavy atom. The number of hydrogen-bond donors (Lipinski definition) is 0. The van der Waals surface area contributed by atoms with E-state index in [-0.39, 0.29) is 5.91 Å². The van der Waals surface area contributed by atoms with E-state index in [1.165, 1.54) is 44.3 Å². The van der Waals surface area contributed by atoms with Crippen LogP contribution < -0.4 is 0 Å². The molecule has 2 saturated heterocycles. The molecule has 0 saturated carbocycles. The normalized spacial score (nSPS) is 21.6. The Hall–Kier alpha value is -1.35. The lowest BCUT2D eigenvalue weighted by molar-refractivity contribution is 0.0623. The predicted octanol–water partition coefficient (Wildman–Crippen LogP) is 3.48. The van der Waals surface area contributed by atoms with Gasteiger partial charge < -0.3 is 9.80 Å². The number of rotatable bonds is 2. The van der Waals surface area contributed by atoms with Gasteiger partial charge in [0.15, 0.2) is 0 Å². The number of aryl methyl sites for hydroxylation is 1. The van der Waals surface area contributed by atoms with Crippen LogP contribution in [0.2, 0.25) is 0 Å². The van der Waals surface area contributed by atoms with Gasteiger partial charge in [-0.15, -0.1) is 0 Å². The molecule has 0 aromatic heterocycles. The second kappa shape index (κ2) is 7.28. The first-order chi connectivity index (χ1) is 10.7. The van der Waals surface area contributed by atoms with Crippen LogP contribution in [0.3, 0.4) is 0 Å². The summed E-state index contributed by atoms with van der Waals surface area (Å²) in [5, 5.41) is 0. The summed E-state index contributed by atoms with van der Waals surface area (Å²) in [6.07, 6.45) is 7.75. The summed E-state index contributed by atoms with van der Waals surface area (Å²) >= 11 is 0. The molecule has 3 heteroatoms. The fourth-order valence-corrected chi connectivity index (χ4v) is 3.77. The van der Waals surface area contributed by atoms with Crippen LogP contribution in [0.1, 0.15) is 54.4 Å². The van der Waals surface area contributed by atoms with Crippen molar-refractivity contribution >= 4 is 5.91 Å². The highest BCUT2D eigenvalue weighted by molar-refractivity contribution is 5.94. The maximum absolute atomic E-state index is 12.6. The van der Waals surface area contributed by atoms with E-state index in [1.54, 1.807) is 0 Å². The summed E-state index contributed by atoms with van der Waals surface area (Å²) in [6.45, 7) is 6.40. The van der Waals surface area contributed by atoms with Crippen molar-refractivity contribution in [3.63, 3.8) is 0 Å². The molecule has 1 aromatic carbocycles. The van der Waals surface area contributed by atoms with E-state index in [4.69, 9.17) is 0 Å². The first-order valence-electron chi connectivity index (χ1n) is 8.84. The molecule has 0 N–H and O–H groups in total. The second-order valence-electron chi connectivity index (χ2n) is 6.84. The third kappa shape index (κ3) is 3.70. The number of amides is 1. The Kier molecular flexibility index (Phi) is 5.14. The Labute approximate surface area is 134 Å². The fraction of sp³-hybridized carbons (Fsp3) is 0.632. The van der Waals surface area contributed by atoms with Gasteiger partial charge in [-0.3, -0.25) is 4.79 Å². The lowest BCUT2D eigenvalue weighted by atomic mass is 10.0. The molecule has 2 fully saturated rings. The first-order valence-corrected chi connectivity index (χ1v) is 8.84. The Bertz CT molecular complexity index is 481. The number of benzene rings is 1. The van der Waals surface area contributed by atoms with E-state index in [9.17, 15) is 4.79 Å². The zero-order valence-corrected chi connectivity index (χ0v) is 13.8. The molecule has 0 aliphatic carbocycles. The highest BCUT2D eigenvalue weighted by Crippen LogP contribution is 2.21. The highest BCUT2D eigenvalue weighted by Gasteiger charge is 2.27. The van der Waals surface area contributed by atoms with Gasteiger partial charge in [-0.1, -0.05) is 30.5 Å². The van der Waals surface area contributed by atoms with Crippen LogP contribution in [0.25, 0.3) is 0 Å². The molecule has 2 aliphatic rings. The molecular weight excluding hydrogens is 272 g/mol. The summed E-state index contributed by atoms with van der Waals surface area (Å²) in [7, 11) is 0. The number of nitrogens with zero attached hydrogens (tertiary/aromatic N) is 2.